The van der Waals surface area contributed by atoms with Crippen molar-refractivity contribution in [3.63, 3.8) is 0 Å². The molecule has 0 saturated carbocycles. The van der Waals surface area contributed by atoms with Gasteiger partial charge in [-0.25, -0.2) is 4.39 Å². The highest BCUT2D eigenvalue weighted by atomic mass is 79.9. The molecule has 1 aromatic rings. The summed E-state index contributed by atoms with van der Waals surface area (Å²) in [7, 11) is 0. The molecule has 0 aromatic heterocycles. The van der Waals surface area contributed by atoms with Gasteiger partial charge in [0.05, 0.1) is 0 Å². The molecule has 0 radical (unpaired) electrons. The van der Waals surface area contributed by atoms with Crippen molar-refractivity contribution in [2.24, 2.45) is 5.73 Å². The van der Waals surface area contributed by atoms with Crippen LogP contribution < -0.4 is 5.73 Å². The number of nitrogens with two attached hydrogens (primary N) is 1. The minimum absolute atomic E-state index is 0.242. The summed E-state index contributed by atoms with van der Waals surface area (Å²) in [6.45, 7) is 0. The number of hydrogen-bond acceptors (Lipinski definition) is 3. The Labute approximate surface area is 93.6 Å². The quantitative estimate of drug-likeness (QED) is 0.771. The van der Waals surface area contributed by atoms with E-state index in [2.05, 4.69) is 15.9 Å². The van der Waals surface area contributed by atoms with Gasteiger partial charge in [-0.15, -0.1) is 0 Å². The van der Waals surface area contributed by atoms with Gasteiger partial charge < -0.3 is 15.9 Å². The topological polar surface area (TPSA) is 83.6 Å². The van der Waals surface area contributed by atoms with E-state index < -0.39 is 23.9 Å². The normalized spacial score (nSPS) is 14.7. The maximum absolute atomic E-state index is 12.7. The molecule has 0 bridgehead atoms. The molecule has 2 atom stereocenters. The van der Waals surface area contributed by atoms with Gasteiger partial charge >= 0.3 is 5.97 Å². The molecule has 0 spiro atoms. The Morgan fingerprint density at radius 3 is 2.60 bits per heavy atom. The van der Waals surface area contributed by atoms with Crippen molar-refractivity contribution in [2.45, 2.75) is 12.1 Å². The van der Waals surface area contributed by atoms with Crippen LogP contribution in [0.2, 0.25) is 0 Å². The summed E-state index contributed by atoms with van der Waals surface area (Å²) in [6.07, 6.45) is -1.38. The van der Waals surface area contributed by atoms with Crippen molar-refractivity contribution >= 4 is 21.9 Å². The number of carboxylic acids is 1. The SMILES string of the molecule is NC(C(=O)O)C(O)c1ccc(F)cc1Br. The number of rotatable bonds is 3. The Bertz CT molecular complexity index is 386. The van der Waals surface area contributed by atoms with Gasteiger partial charge in [-0.3, -0.25) is 4.79 Å². The molecule has 0 saturated heterocycles. The second-order valence-corrected chi connectivity index (χ2v) is 3.83. The zero-order chi connectivity index (χ0) is 11.6. The van der Waals surface area contributed by atoms with Crippen molar-refractivity contribution in [3.8, 4) is 0 Å². The number of hydrogen-bond donors (Lipinski definition) is 3. The van der Waals surface area contributed by atoms with Gasteiger partial charge in [0, 0.05) is 4.47 Å². The van der Waals surface area contributed by atoms with E-state index in [-0.39, 0.29) is 10.0 Å². The second kappa shape index (κ2) is 4.69. The summed E-state index contributed by atoms with van der Waals surface area (Å²) in [5.41, 5.74) is 5.48. The van der Waals surface area contributed by atoms with E-state index in [9.17, 15) is 14.3 Å². The van der Waals surface area contributed by atoms with E-state index in [4.69, 9.17) is 10.8 Å². The fraction of sp³-hybridized carbons (Fsp3) is 0.222. The first-order chi connectivity index (χ1) is 6.93. The third-order valence-electron chi connectivity index (χ3n) is 1.91. The van der Waals surface area contributed by atoms with E-state index in [0.29, 0.717) is 0 Å². The number of aliphatic hydroxyl groups excluding tert-OH is 1. The third kappa shape index (κ3) is 2.74. The average Bonchev–Trinajstić information content (AvgIpc) is 2.15. The summed E-state index contributed by atoms with van der Waals surface area (Å²) in [6, 6.07) is 2.10. The van der Waals surface area contributed by atoms with E-state index in [1.54, 1.807) is 0 Å². The first-order valence-electron chi connectivity index (χ1n) is 4.05. The second-order valence-electron chi connectivity index (χ2n) is 2.97. The Morgan fingerprint density at radius 2 is 2.13 bits per heavy atom. The summed E-state index contributed by atoms with van der Waals surface area (Å²) in [5, 5.41) is 18.2. The van der Waals surface area contributed by atoms with Crippen LogP contribution in [0.5, 0.6) is 0 Å². The predicted octanol–water partition coefficient (Wildman–Crippen LogP) is 1.03. The van der Waals surface area contributed by atoms with Gasteiger partial charge in [-0.1, -0.05) is 22.0 Å². The monoisotopic (exact) mass is 277 g/mol. The minimum atomic E-state index is -1.44. The number of aliphatic carboxylic acids is 1. The molecule has 0 aliphatic carbocycles. The van der Waals surface area contributed by atoms with Crippen molar-refractivity contribution in [1.29, 1.82) is 0 Å². The molecule has 1 rings (SSSR count). The Morgan fingerprint density at radius 1 is 1.53 bits per heavy atom. The first-order valence-corrected chi connectivity index (χ1v) is 4.84. The zero-order valence-electron chi connectivity index (χ0n) is 7.52. The van der Waals surface area contributed by atoms with Crippen LogP contribution in [-0.4, -0.2) is 22.2 Å². The number of halogens is 2. The molecule has 15 heavy (non-hydrogen) atoms. The number of aliphatic hydroxyl groups is 1. The standard InChI is InChI=1S/C9H9BrFNO3/c10-6-3-4(11)1-2-5(6)8(13)7(12)9(14)15/h1-3,7-8,13H,12H2,(H,14,15). The van der Waals surface area contributed by atoms with Crippen molar-refractivity contribution in [3.05, 3.63) is 34.1 Å². The lowest BCUT2D eigenvalue weighted by Crippen LogP contribution is -2.36. The van der Waals surface area contributed by atoms with E-state index in [1.807, 2.05) is 0 Å². The molecule has 82 valence electrons. The molecular weight excluding hydrogens is 269 g/mol. The summed E-state index contributed by atoms with van der Waals surface area (Å²) >= 11 is 3.02. The summed E-state index contributed by atoms with van der Waals surface area (Å²) < 4.78 is 13.0. The van der Waals surface area contributed by atoms with Gasteiger partial charge in [-0.05, 0) is 17.7 Å². The smallest absolute Gasteiger partial charge is 0.323 e. The molecule has 1 aromatic carbocycles. The largest absolute Gasteiger partial charge is 0.480 e. The molecular formula is C9H9BrFNO3. The van der Waals surface area contributed by atoms with Crippen LogP contribution in [0.1, 0.15) is 11.7 Å². The molecule has 0 fully saturated rings. The number of benzene rings is 1. The van der Waals surface area contributed by atoms with Gasteiger partial charge in [0.2, 0.25) is 0 Å². The summed E-state index contributed by atoms with van der Waals surface area (Å²) in [4.78, 5) is 10.5. The zero-order valence-corrected chi connectivity index (χ0v) is 9.11. The fourth-order valence-corrected chi connectivity index (χ4v) is 1.66. The van der Waals surface area contributed by atoms with Gasteiger partial charge in [-0.2, -0.15) is 0 Å². The molecule has 2 unspecified atom stereocenters. The molecule has 4 N–H and O–H groups in total. The van der Waals surface area contributed by atoms with Crippen LogP contribution in [0.3, 0.4) is 0 Å². The van der Waals surface area contributed by atoms with Crippen LogP contribution in [0.25, 0.3) is 0 Å². The Balaban J connectivity index is 3.01. The minimum Gasteiger partial charge on any atom is -0.480 e. The lowest BCUT2D eigenvalue weighted by molar-refractivity contribution is -0.141. The van der Waals surface area contributed by atoms with Gasteiger partial charge in [0.25, 0.3) is 0 Å². The number of carbonyl (C=O) groups is 1. The molecule has 0 aliphatic rings. The summed E-state index contributed by atoms with van der Waals surface area (Å²) in [5.74, 6) is -1.81. The van der Waals surface area contributed by atoms with Crippen molar-refractivity contribution < 1.29 is 19.4 Å². The lowest BCUT2D eigenvalue weighted by atomic mass is 10.0. The highest BCUT2D eigenvalue weighted by Crippen LogP contribution is 2.25. The highest BCUT2D eigenvalue weighted by molar-refractivity contribution is 9.10. The fourth-order valence-electron chi connectivity index (χ4n) is 1.07. The van der Waals surface area contributed by atoms with Crippen molar-refractivity contribution in [1.82, 2.24) is 0 Å². The van der Waals surface area contributed by atoms with Crippen LogP contribution in [0.4, 0.5) is 4.39 Å². The predicted molar refractivity (Wildman–Crippen MR) is 54.7 cm³/mol. The van der Waals surface area contributed by atoms with Gasteiger partial charge in [0.15, 0.2) is 0 Å². The average molecular weight is 278 g/mol. The first kappa shape index (κ1) is 12.1. The highest BCUT2D eigenvalue weighted by Gasteiger charge is 2.25. The Hall–Kier alpha value is -0.980. The maximum Gasteiger partial charge on any atom is 0.323 e. The van der Waals surface area contributed by atoms with Crippen LogP contribution in [0.15, 0.2) is 22.7 Å². The van der Waals surface area contributed by atoms with Crippen LogP contribution in [-0.2, 0) is 4.79 Å². The Kier molecular flexibility index (Phi) is 3.78. The molecule has 0 aliphatic heterocycles. The molecule has 4 nitrogen and oxygen atoms in total. The van der Waals surface area contributed by atoms with E-state index in [0.717, 1.165) is 12.1 Å². The lowest BCUT2D eigenvalue weighted by Gasteiger charge is -2.16. The van der Waals surface area contributed by atoms with Crippen LogP contribution in [0, 0.1) is 5.82 Å². The molecule has 0 amide bonds. The van der Waals surface area contributed by atoms with Gasteiger partial charge in [0.1, 0.15) is 18.0 Å². The van der Waals surface area contributed by atoms with Crippen molar-refractivity contribution in [2.75, 3.05) is 0 Å². The van der Waals surface area contributed by atoms with E-state index >= 15 is 0 Å². The molecule has 6 heteroatoms. The van der Waals surface area contributed by atoms with E-state index in [1.165, 1.54) is 6.07 Å². The van der Waals surface area contributed by atoms with Crippen LogP contribution >= 0.6 is 15.9 Å². The maximum atomic E-state index is 12.7. The third-order valence-corrected chi connectivity index (χ3v) is 2.59. The number of carboxylic acid groups (broad SMARTS) is 1. The molecule has 0 heterocycles.